The third kappa shape index (κ3) is 5.59. The van der Waals surface area contributed by atoms with Crippen molar-refractivity contribution in [1.82, 2.24) is 33.7 Å². The molecular formula is C29H39N7O4. The van der Waals surface area contributed by atoms with Gasteiger partial charge in [-0.1, -0.05) is 18.2 Å². The molecule has 3 atom stereocenters. The molecule has 4 rings (SSSR count). The van der Waals surface area contributed by atoms with Crippen molar-refractivity contribution < 1.29 is 19.2 Å². The van der Waals surface area contributed by atoms with Gasteiger partial charge in [0.2, 0.25) is 23.6 Å². The number of para-hydroxylation sites is 1. The number of aromatic nitrogens is 3. The maximum Gasteiger partial charge on any atom is 0.246 e. The Morgan fingerprint density at radius 3 is 2.23 bits per heavy atom. The fourth-order valence-corrected chi connectivity index (χ4v) is 5.52. The van der Waals surface area contributed by atoms with Gasteiger partial charge in [0, 0.05) is 91.9 Å². The molecule has 1 fully saturated rings. The van der Waals surface area contributed by atoms with Gasteiger partial charge >= 0.3 is 0 Å². The van der Waals surface area contributed by atoms with E-state index in [4.69, 9.17) is 0 Å². The number of fused-ring (bicyclic) bond motifs is 1. The maximum absolute atomic E-state index is 14.2. The molecule has 1 aromatic carbocycles. The van der Waals surface area contributed by atoms with Crippen molar-refractivity contribution in [3.63, 3.8) is 0 Å². The number of hydrogen-bond donors (Lipinski definition) is 0. The van der Waals surface area contributed by atoms with Gasteiger partial charge in [0.25, 0.3) is 0 Å². The summed E-state index contributed by atoms with van der Waals surface area (Å²) >= 11 is 0. The summed E-state index contributed by atoms with van der Waals surface area (Å²) in [5.41, 5.74) is 2.64. The number of carbonyl (C=O) groups is 4. The number of likely N-dealkylation sites (N-methyl/N-ethyl adjacent to an activating group) is 4. The first-order valence-corrected chi connectivity index (χ1v) is 13.4. The van der Waals surface area contributed by atoms with E-state index < -0.39 is 18.1 Å². The van der Waals surface area contributed by atoms with E-state index in [0.29, 0.717) is 25.0 Å². The summed E-state index contributed by atoms with van der Waals surface area (Å²) in [4.78, 5) is 63.6. The normalized spacial score (nSPS) is 16.7. The fraction of sp³-hybridized carbons (Fsp3) is 0.483. The van der Waals surface area contributed by atoms with Gasteiger partial charge in [0.05, 0.1) is 12.0 Å². The summed E-state index contributed by atoms with van der Waals surface area (Å²) in [7, 11) is 12.0. The van der Waals surface area contributed by atoms with Gasteiger partial charge in [-0.3, -0.25) is 19.2 Å². The Kier molecular flexibility index (Phi) is 8.32. The minimum absolute atomic E-state index is 0.0943. The van der Waals surface area contributed by atoms with E-state index in [2.05, 4.69) is 4.98 Å². The monoisotopic (exact) mass is 549 g/mol. The maximum atomic E-state index is 14.2. The van der Waals surface area contributed by atoms with E-state index in [0.717, 1.165) is 16.5 Å². The first-order chi connectivity index (χ1) is 18.9. The molecule has 1 aliphatic rings. The smallest absolute Gasteiger partial charge is 0.246 e. The van der Waals surface area contributed by atoms with Crippen LogP contribution < -0.4 is 0 Å². The molecule has 0 N–H and O–H groups in total. The summed E-state index contributed by atoms with van der Waals surface area (Å²) in [6.07, 6.45) is 6.63. The van der Waals surface area contributed by atoms with Crippen LogP contribution in [0.25, 0.3) is 10.9 Å². The van der Waals surface area contributed by atoms with Crippen LogP contribution in [-0.2, 0) is 46.1 Å². The summed E-state index contributed by atoms with van der Waals surface area (Å²) < 4.78 is 3.80. The number of benzene rings is 1. The fourth-order valence-electron chi connectivity index (χ4n) is 5.52. The quantitative estimate of drug-likeness (QED) is 0.397. The van der Waals surface area contributed by atoms with Crippen molar-refractivity contribution in [3.05, 3.63) is 54.2 Å². The van der Waals surface area contributed by atoms with Gasteiger partial charge in [-0.2, -0.15) is 0 Å². The summed E-state index contributed by atoms with van der Waals surface area (Å²) in [5, 5.41) is 1.02. The number of imidazole rings is 1. The van der Waals surface area contributed by atoms with E-state index in [9.17, 15) is 19.2 Å². The molecule has 1 saturated heterocycles. The Hall–Kier alpha value is -4.15. The number of likely N-dealkylation sites (tertiary alicyclic amines) is 1. The number of nitrogens with zero attached hydrogens (tertiary/aromatic N) is 7. The Bertz CT molecular complexity index is 1420. The average Bonchev–Trinajstić information content (AvgIpc) is 3.60. The second-order valence-corrected chi connectivity index (χ2v) is 10.9. The Morgan fingerprint density at radius 2 is 1.62 bits per heavy atom. The largest absolute Gasteiger partial charge is 0.350 e. The van der Waals surface area contributed by atoms with E-state index >= 15 is 0 Å². The SMILES string of the molecule is CN(C)C(=O)[C@H](Cc1cn(C)c2ccccc12)N(C)C(=O)[C@H](Cc1cn(C)cn1)N(C)C(=O)[C@@H]1CCC(=O)N1C. The molecule has 0 radical (unpaired) electrons. The van der Waals surface area contributed by atoms with Gasteiger partial charge in [-0.25, -0.2) is 4.98 Å². The molecule has 3 heterocycles. The van der Waals surface area contributed by atoms with Crippen LogP contribution >= 0.6 is 0 Å². The van der Waals surface area contributed by atoms with Gasteiger partial charge in [0.15, 0.2) is 0 Å². The van der Waals surface area contributed by atoms with Crippen molar-refractivity contribution in [2.75, 3.05) is 35.2 Å². The minimum Gasteiger partial charge on any atom is -0.350 e. The molecule has 4 amide bonds. The van der Waals surface area contributed by atoms with Crippen LogP contribution in [0.15, 0.2) is 43.0 Å². The zero-order valence-electron chi connectivity index (χ0n) is 24.4. The highest BCUT2D eigenvalue weighted by molar-refractivity contribution is 5.95. The van der Waals surface area contributed by atoms with E-state index in [1.165, 1.54) is 19.6 Å². The molecule has 0 saturated carbocycles. The van der Waals surface area contributed by atoms with Crippen LogP contribution in [0.4, 0.5) is 0 Å². The lowest BCUT2D eigenvalue weighted by Gasteiger charge is -2.36. The molecule has 0 unspecified atom stereocenters. The van der Waals surface area contributed by atoms with Crippen molar-refractivity contribution in [1.29, 1.82) is 0 Å². The first-order valence-electron chi connectivity index (χ1n) is 13.4. The summed E-state index contributed by atoms with van der Waals surface area (Å²) in [6.45, 7) is 0. The molecule has 3 aromatic rings. The number of rotatable bonds is 9. The molecule has 11 nitrogen and oxygen atoms in total. The molecule has 40 heavy (non-hydrogen) atoms. The van der Waals surface area contributed by atoms with Crippen LogP contribution in [0.1, 0.15) is 24.1 Å². The highest BCUT2D eigenvalue weighted by atomic mass is 16.2. The molecule has 0 spiro atoms. The molecule has 214 valence electrons. The van der Waals surface area contributed by atoms with Crippen LogP contribution in [0.3, 0.4) is 0 Å². The van der Waals surface area contributed by atoms with Gasteiger partial charge < -0.3 is 28.7 Å². The molecule has 1 aliphatic heterocycles. The number of hydrogen-bond acceptors (Lipinski definition) is 5. The number of aryl methyl sites for hydroxylation is 2. The van der Waals surface area contributed by atoms with E-state index in [1.807, 2.05) is 55.3 Å². The standard InChI is InChI=1S/C29H39N7O4/c1-31(2)27(38)24(14-19-16-33(4)22-11-9-8-10-21(19)22)35(6)29(40)25(15-20-17-32(3)18-30-20)36(7)28(39)23-12-13-26(37)34(23)5/h8-11,16-18,23-25H,12-15H2,1-7H3/t23-,24-,25-/m0/s1. The van der Waals surface area contributed by atoms with Gasteiger partial charge in [-0.05, 0) is 18.1 Å². The predicted octanol–water partition coefficient (Wildman–Crippen LogP) is 1.06. The predicted molar refractivity (Wildman–Crippen MR) is 151 cm³/mol. The van der Waals surface area contributed by atoms with Crippen molar-refractivity contribution in [3.8, 4) is 0 Å². The molecular weight excluding hydrogens is 510 g/mol. The number of amides is 4. The highest BCUT2D eigenvalue weighted by Gasteiger charge is 2.41. The van der Waals surface area contributed by atoms with E-state index in [1.54, 1.807) is 46.1 Å². The molecule has 0 bridgehead atoms. The van der Waals surface area contributed by atoms with Crippen molar-refractivity contribution >= 4 is 34.5 Å². The molecule has 2 aromatic heterocycles. The van der Waals surface area contributed by atoms with E-state index in [-0.39, 0.29) is 30.0 Å². The number of carbonyl (C=O) groups excluding carboxylic acids is 4. The lowest BCUT2D eigenvalue weighted by atomic mass is 10.0. The minimum atomic E-state index is -0.915. The second-order valence-electron chi connectivity index (χ2n) is 10.9. The molecule has 0 aliphatic carbocycles. The topological polar surface area (TPSA) is 104 Å². The van der Waals surface area contributed by atoms with Crippen LogP contribution in [0, 0.1) is 0 Å². The first kappa shape index (κ1) is 28.8. The van der Waals surface area contributed by atoms with Crippen molar-refractivity contribution in [2.45, 2.75) is 43.8 Å². The Labute approximate surface area is 234 Å². The Morgan fingerprint density at radius 1 is 0.950 bits per heavy atom. The third-order valence-corrected chi connectivity index (χ3v) is 7.97. The third-order valence-electron chi connectivity index (χ3n) is 7.97. The lowest BCUT2D eigenvalue weighted by molar-refractivity contribution is -0.151. The lowest BCUT2D eigenvalue weighted by Crippen LogP contribution is -2.57. The van der Waals surface area contributed by atoms with Gasteiger partial charge in [0.1, 0.15) is 18.1 Å². The van der Waals surface area contributed by atoms with Crippen LogP contribution in [-0.4, -0.2) is 111 Å². The Balaban J connectivity index is 1.67. The summed E-state index contributed by atoms with van der Waals surface area (Å²) in [5.74, 6) is -0.979. The zero-order valence-corrected chi connectivity index (χ0v) is 24.4. The average molecular weight is 550 g/mol. The zero-order chi connectivity index (χ0) is 29.3. The van der Waals surface area contributed by atoms with Crippen molar-refractivity contribution in [2.24, 2.45) is 14.1 Å². The summed E-state index contributed by atoms with van der Waals surface area (Å²) in [6, 6.07) is 5.62. The highest BCUT2D eigenvalue weighted by Crippen LogP contribution is 2.25. The van der Waals surface area contributed by atoms with Crippen LogP contribution in [0.2, 0.25) is 0 Å². The van der Waals surface area contributed by atoms with Crippen LogP contribution in [0.5, 0.6) is 0 Å². The van der Waals surface area contributed by atoms with Gasteiger partial charge in [-0.15, -0.1) is 0 Å². The second kappa shape index (κ2) is 11.5. The molecule has 11 heteroatoms.